The highest BCUT2D eigenvalue weighted by Gasteiger charge is 2.05. The number of nitrogens with one attached hydrogen (secondary N) is 1. The van der Waals surface area contributed by atoms with Crippen molar-refractivity contribution in [1.82, 2.24) is 5.32 Å². The monoisotopic (exact) mass is 207 g/mol. The second-order valence-corrected chi connectivity index (χ2v) is 4.69. The standard InChI is InChI=1S/C13H21NO/c1-5-11-8-9-12(15-11)7-6-10-14-13(2,3)4/h6-9,14H,5,10H2,1-4H3. The van der Waals surface area contributed by atoms with E-state index in [1.54, 1.807) is 0 Å². The zero-order valence-electron chi connectivity index (χ0n) is 10.1. The molecule has 0 aliphatic carbocycles. The van der Waals surface area contributed by atoms with Gasteiger partial charge in [0.1, 0.15) is 11.5 Å². The molecule has 0 fully saturated rings. The molecule has 1 aromatic heterocycles. The van der Waals surface area contributed by atoms with Crippen LogP contribution in [0.4, 0.5) is 0 Å². The molecule has 1 N–H and O–H groups in total. The van der Waals surface area contributed by atoms with Crippen molar-refractivity contribution in [2.24, 2.45) is 0 Å². The Hall–Kier alpha value is -1.02. The molecule has 0 bridgehead atoms. The summed E-state index contributed by atoms with van der Waals surface area (Å²) in [6.45, 7) is 9.42. The van der Waals surface area contributed by atoms with Gasteiger partial charge in [-0.1, -0.05) is 13.0 Å². The molecule has 0 amide bonds. The van der Waals surface area contributed by atoms with Crippen LogP contribution in [0.1, 0.15) is 39.2 Å². The summed E-state index contributed by atoms with van der Waals surface area (Å²) in [4.78, 5) is 0. The van der Waals surface area contributed by atoms with E-state index in [4.69, 9.17) is 4.42 Å². The minimum Gasteiger partial charge on any atom is -0.462 e. The molecule has 0 aliphatic rings. The first kappa shape index (κ1) is 12.1. The summed E-state index contributed by atoms with van der Waals surface area (Å²) in [5, 5.41) is 3.38. The predicted molar refractivity (Wildman–Crippen MR) is 64.9 cm³/mol. The molecule has 0 saturated heterocycles. The molecule has 0 unspecified atom stereocenters. The van der Waals surface area contributed by atoms with Crippen molar-refractivity contribution in [2.45, 2.75) is 39.7 Å². The molecule has 2 nitrogen and oxygen atoms in total. The molecule has 0 spiro atoms. The molecule has 2 heteroatoms. The van der Waals surface area contributed by atoms with Crippen molar-refractivity contribution in [3.05, 3.63) is 29.7 Å². The quantitative estimate of drug-likeness (QED) is 0.820. The van der Waals surface area contributed by atoms with Gasteiger partial charge in [0.15, 0.2) is 0 Å². The lowest BCUT2D eigenvalue weighted by Gasteiger charge is -2.18. The number of aryl methyl sites for hydroxylation is 1. The minimum atomic E-state index is 0.169. The van der Waals surface area contributed by atoms with Crippen molar-refractivity contribution in [2.75, 3.05) is 6.54 Å². The van der Waals surface area contributed by atoms with Crippen molar-refractivity contribution in [1.29, 1.82) is 0 Å². The van der Waals surface area contributed by atoms with Gasteiger partial charge in [0.05, 0.1) is 0 Å². The average Bonchev–Trinajstić information content (AvgIpc) is 2.59. The molecule has 1 aromatic rings. The number of hydrogen-bond donors (Lipinski definition) is 1. The highest BCUT2D eigenvalue weighted by molar-refractivity contribution is 5.43. The maximum Gasteiger partial charge on any atom is 0.126 e. The van der Waals surface area contributed by atoms with Crippen molar-refractivity contribution >= 4 is 6.08 Å². The summed E-state index contributed by atoms with van der Waals surface area (Å²) < 4.78 is 5.55. The van der Waals surface area contributed by atoms with Gasteiger partial charge < -0.3 is 9.73 Å². The van der Waals surface area contributed by atoms with Crippen LogP contribution >= 0.6 is 0 Å². The Morgan fingerprint density at radius 2 is 2.07 bits per heavy atom. The fourth-order valence-electron chi connectivity index (χ4n) is 1.21. The zero-order chi connectivity index (χ0) is 11.3. The fourth-order valence-corrected chi connectivity index (χ4v) is 1.21. The predicted octanol–water partition coefficient (Wildman–Crippen LogP) is 3.24. The van der Waals surface area contributed by atoms with Crippen LogP contribution < -0.4 is 5.32 Å². The first-order valence-electron chi connectivity index (χ1n) is 5.51. The minimum absolute atomic E-state index is 0.169. The fraction of sp³-hybridized carbons (Fsp3) is 0.538. The lowest BCUT2D eigenvalue weighted by Crippen LogP contribution is -2.35. The largest absolute Gasteiger partial charge is 0.462 e. The lowest BCUT2D eigenvalue weighted by atomic mass is 10.1. The van der Waals surface area contributed by atoms with E-state index in [0.29, 0.717) is 0 Å². The molecule has 0 atom stereocenters. The summed E-state index contributed by atoms with van der Waals surface area (Å²) in [6.07, 6.45) is 5.05. The molecule has 84 valence electrons. The van der Waals surface area contributed by atoms with E-state index in [0.717, 1.165) is 24.5 Å². The highest BCUT2D eigenvalue weighted by Crippen LogP contribution is 2.09. The van der Waals surface area contributed by atoms with Crippen molar-refractivity contribution in [3.63, 3.8) is 0 Å². The Morgan fingerprint density at radius 3 is 2.60 bits per heavy atom. The SMILES string of the molecule is CCc1ccc(C=CCNC(C)(C)C)o1. The highest BCUT2D eigenvalue weighted by atomic mass is 16.3. The van der Waals surface area contributed by atoms with Gasteiger partial charge in [-0.25, -0.2) is 0 Å². The number of hydrogen-bond acceptors (Lipinski definition) is 2. The Kier molecular flexibility index (Phi) is 4.15. The summed E-state index contributed by atoms with van der Waals surface area (Å²) in [7, 11) is 0. The van der Waals surface area contributed by atoms with Gasteiger partial charge in [0, 0.05) is 18.5 Å². The third-order valence-corrected chi connectivity index (χ3v) is 2.06. The topological polar surface area (TPSA) is 25.2 Å². The second kappa shape index (κ2) is 5.17. The van der Waals surface area contributed by atoms with E-state index in [1.165, 1.54) is 0 Å². The molecule has 1 heterocycles. The Labute approximate surface area is 92.4 Å². The summed E-state index contributed by atoms with van der Waals surface area (Å²) >= 11 is 0. The molecule has 0 saturated carbocycles. The van der Waals surface area contributed by atoms with Gasteiger partial charge in [-0.05, 0) is 39.0 Å². The van der Waals surface area contributed by atoms with Gasteiger partial charge in [-0.2, -0.15) is 0 Å². The maximum atomic E-state index is 5.55. The first-order valence-corrected chi connectivity index (χ1v) is 5.51. The van der Waals surface area contributed by atoms with E-state index < -0.39 is 0 Å². The summed E-state index contributed by atoms with van der Waals surface area (Å²) in [6, 6.07) is 4.03. The smallest absolute Gasteiger partial charge is 0.126 e. The number of rotatable bonds is 4. The van der Waals surface area contributed by atoms with E-state index in [-0.39, 0.29) is 5.54 Å². The Bertz CT molecular complexity index is 318. The van der Waals surface area contributed by atoms with Crippen LogP contribution in [0.2, 0.25) is 0 Å². The molecule has 0 radical (unpaired) electrons. The summed E-state index contributed by atoms with van der Waals surface area (Å²) in [5.41, 5.74) is 0.169. The van der Waals surface area contributed by atoms with Gasteiger partial charge in [-0.15, -0.1) is 0 Å². The van der Waals surface area contributed by atoms with Gasteiger partial charge in [0.25, 0.3) is 0 Å². The van der Waals surface area contributed by atoms with Gasteiger partial charge >= 0.3 is 0 Å². The van der Waals surface area contributed by atoms with Crippen LogP contribution in [0.15, 0.2) is 22.6 Å². The molecule has 15 heavy (non-hydrogen) atoms. The Balaban J connectivity index is 2.38. The normalized spacial score (nSPS) is 12.5. The third kappa shape index (κ3) is 4.84. The molecule has 0 aromatic carbocycles. The molecule has 1 rings (SSSR count). The van der Waals surface area contributed by atoms with E-state index in [2.05, 4.69) is 39.1 Å². The van der Waals surface area contributed by atoms with Gasteiger partial charge in [0.2, 0.25) is 0 Å². The number of furan rings is 1. The van der Waals surface area contributed by atoms with Crippen LogP contribution in [0, 0.1) is 0 Å². The van der Waals surface area contributed by atoms with Crippen LogP contribution in [0.5, 0.6) is 0 Å². The van der Waals surface area contributed by atoms with Crippen LogP contribution in [-0.4, -0.2) is 12.1 Å². The van der Waals surface area contributed by atoms with Crippen LogP contribution in [-0.2, 0) is 6.42 Å². The zero-order valence-corrected chi connectivity index (χ0v) is 10.1. The van der Waals surface area contributed by atoms with Crippen molar-refractivity contribution in [3.8, 4) is 0 Å². The van der Waals surface area contributed by atoms with Crippen LogP contribution in [0.25, 0.3) is 6.08 Å². The second-order valence-electron chi connectivity index (χ2n) is 4.69. The van der Waals surface area contributed by atoms with Crippen LogP contribution in [0.3, 0.4) is 0 Å². The summed E-state index contributed by atoms with van der Waals surface area (Å²) in [5.74, 6) is 1.97. The van der Waals surface area contributed by atoms with Crippen molar-refractivity contribution < 1.29 is 4.42 Å². The van der Waals surface area contributed by atoms with E-state index in [9.17, 15) is 0 Å². The third-order valence-electron chi connectivity index (χ3n) is 2.06. The van der Waals surface area contributed by atoms with E-state index >= 15 is 0 Å². The molecular formula is C13H21NO. The first-order chi connectivity index (χ1) is 7.01. The lowest BCUT2D eigenvalue weighted by molar-refractivity contribution is 0.449. The average molecular weight is 207 g/mol. The molecule has 0 aliphatic heterocycles. The van der Waals surface area contributed by atoms with Gasteiger partial charge in [-0.3, -0.25) is 0 Å². The molecular weight excluding hydrogens is 186 g/mol. The maximum absolute atomic E-state index is 5.55. The Morgan fingerprint density at radius 1 is 1.33 bits per heavy atom. The van der Waals surface area contributed by atoms with E-state index in [1.807, 2.05) is 18.2 Å².